The molecule has 72 valence electrons. The van der Waals surface area contributed by atoms with Gasteiger partial charge in [0, 0.05) is 17.5 Å². The molecule has 0 fully saturated rings. The standard InChI is InChI=1S/C12H12O2/c1-10(14)12-7-5-11(6-8-12)4-2-3-9-13/h5-8,13H,3,9H2,1H3. The van der Waals surface area contributed by atoms with Gasteiger partial charge in [0.1, 0.15) is 0 Å². The summed E-state index contributed by atoms with van der Waals surface area (Å²) in [5.41, 5.74) is 1.56. The summed E-state index contributed by atoms with van der Waals surface area (Å²) < 4.78 is 0. The summed E-state index contributed by atoms with van der Waals surface area (Å²) >= 11 is 0. The van der Waals surface area contributed by atoms with Gasteiger partial charge >= 0.3 is 0 Å². The van der Waals surface area contributed by atoms with E-state index in [2.05, 4.69) is 11.8 Å². The van der Waals surface area contributed by atoms with Crippen molar-refractivity contribution in [3.05, 3.63) is 35.4 Å². The van der Waals surface area contributed by atoms with Crippen LogP contribution in [0.15, 0.2) is 24.3 Å². The zero-order valence-electron chi connectivity index (χ0n) is 8.08. The van der Waals surface area contributed by atoms with Gasteiger partial charge in [0.2, 0.25) is 0 Å². The number of aliphatic hydroxyl groups excluding tert-OH is 1. The molecule has 0 atom stereocenters. The molecule has 1 N–H and O–H groups in total. The van der Waals surface area contributed by atoms with Gasteiger partial charge in [-0.25, -0.2) is 0 Å². The second-order valence-electron chi connectivity index (χ2n) is 2.91. The minimum Gasteiger partial charge on any atom is -0.395 e. The molecule has 0 aliphatic rings. The Bertz CT molecular complexity index is 366. The van der Waals surface area contributed by atoms with E-state index in [1.54, 1.807) is 24.3 Å². The molecule has 0 aliphatic heterocycles. The topological polar surface area (TPSA) is 37.3 Å². The Balaban J connectivity index is 2.75. The molecular weight excluding hydrogens is 176 g/mol. The number of Topliss-reactive ketones (excluding diaryl/α,β-unsaturated/α-hetero) is 1. The van der Waals surface area contributed by atoms with Crippen molar-refractivity contribution in [3.63, 3.8) is 0 Å². The maximum absolute atomic E-state index is 10.9. The van der Waals surface area contributed by atoms with Crippen LogP contribution in [-0.4, -0.2) is 17.5 Å². The lowest BCUT2D eigenvalue weighted by Gasteiger charge is -1.94. The van der Waals surface area contributed by atoms with Crippen LogP contribution >= 0.6 is 0 Å². The monoisotopic (exact) mass is 188 g/mol. The fraction of sp³-hybridized carbons (Fsp3) is 0.250. The fourth-order valence-electron chi connectivity index (χ4n) is 1.01. The molecule has 0 aromatic heterocycles. The Hall–Kier alpha value is -1.59. The van der Waals surface area contributed by atoms with Gasteiger partial charge in [-0.15, -0.1) is 0 Å². The highest BCUT2D eigenvalue weighted by Crippen LogP contribution is 2.03. The Morgan fingerprint density at radius 3 is 2.50 bits per heavy atom. The summed E-state index contributed by atoms with van der Waals surface area (Å²) in [5.74, 6) is 5.76. The van der Waals surface area contributed by atoms with Crippen LogP contribution in [0.4, 0.5) is 0 Å². The van der Waals surface area contributed by atoms with Crippen LogP contribution in [0.5, 0.6) is 0 Å². The van der Waals surface area contributed by atoms with Crippen molar-refractivity contribution in [3.8, 4) is 11.8 Å². The van der Waals surface area contributed by atoms with Crippen LogP contribution in [0.2, 0.25) is 0 Å². The number of hydrogen-bond donors (Lipinski definition) is 1. The van der Waals surface area contributed by atoms with E-state index in [-0.39, 0.29) is 12.4 Å². The summed E-state index contributed by atoms with van der Waals surface area (Å²) in [4.78, 5) is 10.9. The lowest BCUT2D eigenvalue weighted by Crippen LogP contribution is -1.90. The molecule has 0 heterocycles. The molecule has 2 nitrogen and oxygen atoms in total. The van der Waals surface area contributed by atoms with Gasteiger partial charge in [-0.1, -0.05) is 24.0 Å². The van der Waals surface area contributed by atoms with E-state index in [4.69, 9.17) is 5.11 Å². The van der Waals surface area contributed by atoms with Gasteiger partial charge in [-0.3, -0.25) is 4.79 Å². The molecular formula is C12H12O2. The molecule has 1 rings (SSSR count). The summed E-state index contributed by atoms with van der Waals surface area (Å²) in [7, 11) is 0. The molecule has 0 saturated carbocycles. The molecule has 14 heavy (non-hydrogen) atoms. The van der Waals surface area contributed by atoms with E-state index >= 15 is 0 Å². The lowest BCUT2D eigenvalue weighted by molar-refractivity contribution is 0.101. The van der Waals surface area contributed by atoms with Crippen molar-refractivity contribution in [1.82, 2.24) is 0 Å². The number of carbonyl (C=O) groups excluding carboxylic acids is 1. The first-order chi connectivity index (χ1) is 6.74. The summed E-state index contributed by atoms with van der Waals surface area (Å²) in [5, 5.41) is 8.51. The third kappa shape index (κ3) is 3.04. The second kappa shape index (κ2) is 5.21. The molecule has 0 amide bonds. The predicted octanol–water partition coefficient (Wildman–Crippen LogP) is 1.62. The molecule has 0 spiro atoms. The fourth-order valence-corrected chi connectivity index (χ4v) is 1.01. The molecule has 0 saturated heterocycles. The van der Waals surface area contributed by atoms with Crippen molar-refractivity contribution in [2.45, 2.75) is 13.3 Å². The first kappa shape index (κ1) is 10.5. The molecule has 1 aromatic rings. The van der Waals surface area contributed by atoms with Crippen LogP contribution in [0.1, 0.15) is 29.3 Å². The smallest absolute Gasteiger partial charge is 0.159 e. The van der Waals surface area contributed by atoms with Crippen LogP contribution in [0, 0.1) is 11.8 Å². The van der Waals surface area contributed by atoms with Gasteiger partial charge in [-0.05, 0) is 19.1 Å². The molecule has 0 bridgehead atoms. The zero-order chi connectivity index (χ0) is 10.4. The highest BCUT2D eigenvalue weighted by molar-refractivity contribution is 5.94. The van der Waals surface area contributed by atoms with E-state index in [0.717, 1.165) is 5.56 Å². The summed E-state index contributed by atoms with van der Waals surface area (Å²) in [6.07, 6.45) is 0.481. The number of benzene rings is 1. The highest BCUT2D eigenvalue weighted by Gasteiger charge is 1.96. The molecule has 0 unspecified atom stereocenters. The van der Waals surface area contributed by atoms with Crippen LogP contribution < -0.4 is 0 Å². The highest BCUT2D eigenvalue weighted by atomic mass is 16.2. The molecule has 2 heteroatoms. The quantitative estimate of drug-likeness (QED) is 0.565. The van der Waals surface area contributed by atoms with Crippen LogP contribution in [0.3, 0.4) is 0 Å². The lowest BCUT2D eigenvalue weighted by atomic mass is 10.1. The SMILES string of the molecule is CC(=O)c1ccc(C#CCCO)cc1. The third-order valence-corrected chi connectivity index (χ3v) is 1.76. The molecule has 0 radical (unpaired) electrons. The van der Waals surface area contributed by atoms with Crippen molar-refractivity contribution in [2.75, 3.05) is 6.61 Å². The van der Waals surface area contributed by atoms with Gasteiger partial charge in [0.25, 0.3) is 0 Å². The predicted molar refractivity (Wildman–Crippen MR) is 55.0 cm³/mol. The first-order valence-corrected chi connectivity index (χ1v) is 4.45. The number of carbonyl (C=O) groups is 1. The van der Waals surface area contributed by atoms with E-state index in [1.165, 1.54) is 6.92 Å². The van der Waals surface area contributed by atoms with Crippen molar-refractivity contribution in [2.24, 2.45) is 0 Å². The summed E-state index contributed by atoms with van der Waals surface area (Å²) in [6, 6.07) is 7.12. The van der Waals surface area contributed by atoms with Crippen LogP contribution in [-0.2, 0) is 0 Å². The maximum atomic E-state index is 10.9. The second-order valence-corrected chi connectivity index (χ2v) is 2.91. The minimum absolute atomic E-state index is 0.0554. The largest absolute Gasteiger partial charge is 0.395 e. The molecule has 0 aliphatic carbocycles. The zero-order valence-corrected chi connectivity index (χ0v) is 8.08. The Morgan fingerprint density at radius 2 is 2.00 bits per heavy atom. The third-order valence-electron chi connectivity index (χ3n) is 1.76. The number of aliphatic hydroxyl groups is 1. The van der Waals surface area contributed by atoms with Crippen molar-refractivity contribution < 1.29 is 9.90 Å². The average molecular weight is 188 g/mol. The maximum Gasteiger partial charge on any atom is 0.159 e. The van der Waals surface area contributed by atoms with Gasteiger partial charge in [-0.2, -0.15) is 0 Å². The summed E-state index contributed by atoms with van der Waals surface area (Å²) in [6.45, 7) is 1.62. The first-order valence-electron chi connectivity index (χ1n) is 4.45. The van der Waals surface area contributed by atoms with Crippen LogP contribution in [0.25, 0.3) is 0 Å². The molecule has 1 aromatic carbocycles. The van der Waals surface area contributed by atoms with Crippen molar-refractivity contribution >= 4 is 5.78 Å². The number of rotatable bonds is 2. The number of ketones is 1. The normalized spacial score (nSPS) is 9.00. The van der Waals surface area contributed by atoms with E-state index < -0.39 is 0 Å². The Kier molecular flexibility index (Phi) is 3.90. The van der Waals surface area contributed by atoms with Gasteiger partial charge < -0.3 is 5.11 Å². The average Bonchev–Trinajstić information content (AvgIpc) is 2.19. The Morgan fingerprint density at radius 1 is 1.36 bits per heavy atom. The van der Waals surface area contributed by atoms with Gasteiger partial charge in [0.15, 0.2) is 5.78 Å². The van der Waals surface area contributed by atoms with Crippen molar-refractivity contribution in [1.29, 1.82) is 0 Å². The van der Waals surface area contributed by atoms with Gasteiger partial charge in [0.05, 0.1) is 6.61 Å². The van der Waals surface area contributed by atoms with E-state index in [9.17, 15) is 4.79 Å². The van der Waals surface area contributed by atoms with E-state index in [1.807, 2.05) is 0 Å². The minimum atomic E-state index is 0.0554. The van der Waals surface area contributed by atoms with E-state index in [0.29, 0.717) is 12.0 Å². The Labute approximate surface area is 83.6 Å². The number of hydrogen-bond acceptors (Lipinski definition) is 2.